The van der Waals surface area contributed by atoms with Gasteiger partial charge in [0.2, 0.25) is 0 Å². The zero-order chi connectivity index (χ0) is 9.90. The first-order valence-corrected chi connectivity index (χ1v) is 5.41. The van der Waals surface area contributed by atoms with Gasteiger partial charge in [-0.25, -0.2) is 0 Å². The maximum Gasteiger partial charge on any atom is 0.0307 e. The molecule has 3 N–H and O–H groups in total. The molecule has 1 aromatic heterocycles. The average molecular weight is 198 g/mol. The molecule has 0 aliphatic rings. The summed E-state index contributed by atoms with van der Waals surface area (Å²) in [5.41, 5.74) is 7.03. The van der Waals surface area contributed by atoms with Crippen LogP contribution < -0.4 is 11.1 Å². The van der Waals surface area contributed by atoms with Gasteiger partial charge in [-0.1, -0.05) is 0 Å². The second-order valence-corrected chi connectivity index (χ2v) is 4.97. The molecule has 0 saturated heterocycles. The molecule has 2 nitrogen and oxygen atoms in total. The zero-order valence-corrected chi connectivity index (χ0v) is 9.37. The molecule has 0 radical (unpaired) electrons. The molecule has 0 bridgehead atoms. The van der Waals surface area contributed by atoms with Crippen LogP contribution in [0.3, 0.4) is 0 Å². The number of aryl methyl sites for hydroxylation is 1. The maximum atomic E-state index is 5.62. The van der Waals surface area contributed by atoms with Gasteiger partial charge in [0.1, 0.15) is 0 Å². The van der Waals surface area contributed by atoms with Crippen molar-refractivity contribution in [3.63, 3.8) is 0 Å². The van der Waals surface area contributed by atoms with Crippen LogP contribution >= 0.6 is 11.3 Å². The van der Waals surface area contributed by atoms with Gasteiger partial charge in [0.25, 0.3) is 0 Å². The minimum atomic E-state index is 0.0381. The molecule has 0 aliphatic carbocycles. The fourth-order valence-electron chi connectivity index (χ4n) is 0.977. The quantitative estimate of drug-likeness (QED) is 0.775. The van der Waals surface area contributed by atoms with Crippen molar-refractivity contribution in [2.45, 2.75) is 32.9 Å². The lowest BCUT2D eigenvalue weighted by Gasteiger charge is -2.24. The Morgan fingerprint density at radius 2 is 2.23 bits per heavy atom. The molecule has 0 fully saturated rings. The van der Waals surface area contributed by atoms with Crippen molar-refractivity contribution in [2.75, 3.05) is 6.54 Å². The number of rotatable bonds is 4. The third-order valence-electron chi connectivity index (χ3n) is 2.21. The molecule has 0 amide bonds. The van der Waals surface area contributed by atoms with Crippen LogP contribution in [0.15, 0.2) is 11.4 Å². The third kappa shape index (κ3) is 3.10. The summed E-state index contributed by atoms with van der Waals surface area (Å²) in [5, 5.41) is 5.56. The van der Waals surface area contributed by atoms with Crippen LogP contribution in [0.5, 0.6) is 0 Å². The van der Waals surface area contributed by atoms with Gasteiger partial charge >= 0.3 is 0 Å². The third-order valence-corrected chi connectivity index (χ3v) is 3.23. The average Bonchev–Trinajstić information content (AvgIpc) is 2.48. The SMILES string of the molecule is Cc1ccsc1CNC(C)(C)CN. The smallest absolute Gasteiger partial charge is 0.0307 e. The molecule has 0 aliphatic heterocycles. The molecule has 1 rings (SSSR count). The van der Waals surface area contributed by atoms with Crippen LogP contribution in [0.4, 0.5) is 0 Å². The lowest BCUT2D eigenvalue weighted by molar-refractivity contribution is 0.398. The molecule has 0 aromatic carbocycles. The number of hydrogen-bond donors (Lipinski definition) is 2. The molecular weight excluding hydrogens is 180 g/mol. The Kier molecular flexibility index (Phi) is 3.47. The first-order valence-electron chi connectivity index (χ1n) is 4.53. The van der Waals surface area contributed by atoms with Gasteiger partial charge < -0.3 is 11.1 Å². The van der Waals surface area contributed by atoms with Crippen LogP contribution in [0.2, 0.25) is 0 Å². The van der Waals surface area contributed by atoms with Gasteiger partial charge in [-0.15, -0.1) is 11.3 Å². The minimum Gasteiger partial charge on any atom is -0.329 e. The standard InChI is InChI=1S/C10H18N2S/c1-8-4-5-13-9(8)6-12-10(2,3)7-11/h4-5,12H,6-7,11H2,1-3H3. The molecule has 3 heteroatoms. The Bertz CT molecular complexity index is 266. The van der Waals surface area contributed by atoms with Crippen molar-refractivity contribution in [3.8, 4) is 0 Å². The van der Waals surface area contributed by atoms with E-state index in [0.717, 1.165) is 6.54 Å². The fraction of sp³-hybridized carbons (Fsp3) is 0.600. The van der Waals surface area contributed by atoms with E-state index in [2.05, 4.69) is 37.5 Å². The Morgan fingerprint density at radius 1 is 1.54 bits per heavy atom. The number of thiophene rings is 1. The summed E-state index contributed by atoms with van der Waals surface area (Å²) in [5.74, 6) is 0. The van der Waals surface area contributed by atoms with E-state index in [4.69, 9.17) is 5.73 Å². The van der Waals surface area contributed by atoms with Gasteiger partial charge in [0.05, 0.1) is 0 Å². The van der Waals surface area contributed by atoms with Crippen LogP contribution in [-0.2, 0) is 6.54 Å². The highest BCUT2D eigenvalue weighted by atomic mass is 32.1. The van der Waals surface area contributed by atoms with E-state index in [-0.39, 0.29) is 5.54 Å². The van der Waals surface area contributed by atoms with E-state index < -0.39 is 0 Å². The van der Waals surface area contributed by atoms with Crippen LogP contribution in [-0.4, -0.2) is 12.1 Å². The van der Waals surface area contributed by atoms with E-state index in [1.807, 2.05) is 0 Å². The Morgan fingerprint density at radius 3 is 2.69 bits per heavy atom. The number of nitrogens with two attached hydrogens (primary N) is 1. The van der Waals surface area contributed by atoms with E-state index in [0.29, 0.717) is 6.54 Å². The lowest BCUT2D eigenvalue weighted by Crippen LogP contribution is -2.45. The summed E-state index contributed by atoms with van der Waals surface area (Å²) in [6.07, 6.45) is 0. The molecule has 74 valence electrons. The summed E-state index contributed by atoms with van der Waals surface area (Å²) in [6, 6.07) is 2.15. The normalized spacial score (nSPS) is 12.0. The van der Waals surface area contributed by atoms with E-state index in [9.17, 15) is 0 Å². The maximum absolute atomic E-state index is 5.62. The van der Waals surface area contributed by atoms with Gasteiger partial charge in [0.15, 0.2) is 0 Å². The van der Waals surface area contributed by atoms with Crippen molar-refractivity contribution >= 4 is 11.3 Å². The van der Waals surface area contributed by atoms with Crippen LogP contribution in [0.1, 0.15) is 24.3 Å². The van der Waals surface area contributed by atoms with Gasteiger partial charge in [-0.3, -0.25) is 0 Å². The number of hydrogen-bond acceptors (Lipinski definition) is 3. The summed E-state index contributed by atoms with van der Waals surface area (Å²) in [4.78, 5) is 1.40. The van der Waals surface area contributed by atoms with Gasteiger partial charge in [-0.05, 0) is 37.8 Å². The summed E-state index contributed by atoms with van der Waals surface area (Å²) >= 11 is 1.80. The lowest BCUT2D eigenvalue weighted by atomic mass is 10.1. The topological polar surface area (TPSA) is 38.0 Å². The second kappa shape index (κ2) is 4.22. The van der Waals surface area contributed by atoms with E-state index in [1.54, 1.807) is 11.3 Å². The van der Waals surface area contributed by atoms with Crippen LogP contribution in [0, 0.1) is 6.92 Å². The first kappa shape index (κ1) is 10.7. The molecule has 0 atom stereocenters. The largest absolute Gasteiger partial charge is 0.329 e. The Labute approximate surface area is 84.2 Å². The molecule has 0 spiro atoms. The van der Waals surface area contributed by atoms with Gasteiger partial charge in [0, 0.05) is 23.5 Å². The molecular formula is C10H18N2S. The van der Waals surface area contributed by atoms with Crippen molar-refractivity contribution < 1.29 is 0 Å². The second-order valence-electron chi connectivity index (χ2n) is 3.97. The summed E-state index contributed by atoms with van der Waals surface area (Å²) < 4.78 is 0. The zero-order valence-electron chi connectivity index (χ0n) is 8.55. The predicted molar refractivity (Wildman–Crippen MR) is 59.0 cm³/mol. The van der Waals surface area contributed by atoms with E-state index in [1.165, 1.54) is 10.4 Å². The van der Waals surface area contributed by atoms with Crippen molar-refractivity contribution in [1.82, 2.24) is 5.32 Å². The molecule has 0 unspecified atom stereocenters. The summed E-state index contributed by atoms with van der Waals surface area (Å²) in [7, 11) is 0. The monoisotopic (exact) mass is 198 g/mol. The highest BCUT2D eigenvalue weighted by molar-refractivity contribution is 7.10. The van der Waals surface area contributed by atoms with Crippen molar-refractivity contribution in [3.05, 3.63) is 21.9 Å². The summed E-state index contributed by atoms with van der Waals surface area (Å²) in [6.45, 7) is 7.97. The van der Waals surface area contributed by atoms with E-state index >= 15 is 0 Å². The van der Waals surface area contributed by atoms with Crippen molar-refractivity contribution in [1.29, 1.82) is 0 Å². The minimum absolute atomic E-state index is 0.0381. The van der Waals surface area contributed by atoms with Crippen LogP contribution in [0.25, 0.3) is 0 Å². The Balaban J connectivity index is 2.48. The molecule has 13 heavy (non-hydrogen) atoms. The Hall–Kier alpha value is -0.380. The molecule has 1 heterocycles. The molecule has 1 aromatic rings. The van der Waals surface area contributed by atoms with Gasteiger partial charge in [-0.2, -0.15) is 0 Å². The highest BCUT2D eigenvalue weighted by Crippen LogP contribution is 2.15. The predicted octanol–water partition coefficient (Wildman–Crippen LogP) is 1.88. The number of nitrogens with one attached hydrogen (secondary N) is 1. The highest BCUT2D eigenvalue weighted by Gasteiger charge is 2.14. The first-order chi connectivity index (χ1) is 6.05. The van der Waals surface area contributed by atoms with Crippen molar-refractivity contribution in [2.24, 2.45) is 5.73 Å². The fourth-order valence-corrected chi connectivity index (χ4v) is 1.82. The molecule has 0 saturated carbocycles.